The smallest absolute Gasteiger partial charge is 0.174 e. The first-order chi connectivity index (χ1) is 25.4. The molecule has 52 heavy (non-hydrogen) atoms. The van der Waals surface area contributed by atoms with E-state index in [0.29, 0.717) is 0 Å². The monoisotopic (exact) mass is 683 g/mol. The Morgan fingerprint density at radius 3 is 2.04 bits per heavy atom. The van der Waals surface area contributed by atoms with Gasteiger partial charge in [-0.3, -0.25) is 0 Å². The summed E-state index contributed by atoms with van der Waals surface area (Å²) >= 11 is 0. The van der Waals surface area contributed by atoms with E-state index in [1.165, 1.54) is 44.2 Å². The van der Waals surface area contributed by atoms with Crippen molar-refractivity contribution in [2.45, 2.75) is 19.3 Å². The highest BCUT2D eigenvalue weighted by molar-refractivity contribution is 7.86. The van der Waals surface area contributed by atoms with E-state index in [1.54, 1.807) is 0 Å². The average Bonchev–Trinajstić information content (AvgIpc) is 3.75. The lowest BCUT2D eigenvalue weighted by Gasteiger charge is -2.22. The Labute approximate surface area is 303 Å². The van der Waals surface area contributed by atoms with Crippen LogP contribution in [0.3, 0.4) is 0 Å². The summed E-state index contributed by atoms with van der Waals surface area (Å²) in [5.74, 6) is 0. The van der Waals surface area contributed by atoms with Crippen LogP contribution in [0.2, 0.25) is 0 Å². The van der Waals surface area contributed by atoms with Gasteiger partial charge in [-0.1, -0.05) is 153 Å². The van der Waals surface area contributed by atoms with Gasteiger partial charge in [-0.15, -0.1) is 0 Å². The molecule has 1 aromatic heterocycles. The topological polar surface area (TPSA) is 22.0 Å². The second-order valence-corrected chi connectivity index (χ2v) is 17.5. The summed E-state index contributed by atoms with van der Waals surface area (Å²) < 4.78 is 18.4. The first kappa shape index (κ1) is 29.7. The van der Waals surface area contributed by atoms with E-state index in [9.17, 15) is 0 Å². The van der Waals surface area contributed by atoms with E-state index in [4.69, 9.17) is 0 Å². The van der Waals surface area contributed by atoms with Gasteiger partial charge in [0.25, 0.3) is 0 Å². The van der Waals surface area contributed by atoms with Crippen LogP contribution in [-0.2, 0) is 9.98 Å². The summed E-state index contributed by atoms with van der Waals surface area (Å²) in [6.07, 6.45) is 0. The van der Waals surface area contributed by atoms with Gasteiger partial charge in [0.2, 0.25) is 0 Å². The highest BCUT2D eigenvalue weighted by Gasteiger charge is 2.43. The molecule has 1 aliphatic carbocycles. The Morgan fingerprint density at radius 1 is 0.500 bits per heavy atom. The fourth-order valence-corrected chi connectivity index (χ4v) is 12.5. The lowest BCUT2D eigenvalue weighted by atomic mass is 9.82. The first-order valence-corrected chi connectivity index (χ1v) is 19.7. The molecule has 0 spiro atoms. The molecule has 0 N–H and O–H groups in total. The van der Waals surface area contributed by atoms with Crippen molar-refractivity contribution in [3.63, 3.8) is 0 Å². The summed E-state index contributed by atoms with van der Waals surface area (Å²) in [5, 5.41) is 7.52. The number of nitrogens with zero attached hydrogens (tertiary/aromatic N) is 1. The lowest BCUT2D eigenvalue weighted by Crippen LogP contribution is -2.22. The SMILES string of the molecule is CC1(C)c2ccc(-c3ccc4ccccc4c3)cc2-c2cc(-n3c4ccccc4c4ccc5c(c43)P(=O)(c3ccccc3)c3ccccc3-5)ccc21. The minimum atomic E-state index is -3.22. The molecule has 0 saturated heterocycles. The lowest BCUT2D eigenvalue weighted by molar-refractivity contribution is 0.593. The Balaban J connectivity index is 1.19. The quantitative estimate of drug-likeness (QED) is 0.170. The van der Waals surface area contributed by atoms with Crippen LogP contribution < -0.4 is 15.9 Å². The normalized spacial score (nSPS) is 16.6. The second kappa shape index (κ2) is 10.5. The zero-order valence-corrected chi connectivity index (χ0v) is 29.9. The van der Waals surface area contributed by atoms with E-state index < -0.39 is 7.14 Å². The minimum Gasteiger partial charge on any atom is -0.309 e. The molecule has 2 heterocycles. The minimum absolute atomic E-state index is 0.141. The highest BCUT2D eigenvalue weighted by atomic mass is 31.2. The van der Waals surface area contributed by atoms with Gasteiger partial charge in [-0.2, -0.15) is 0 Å². The molecule has 0 bridgehead atoms. The zero-order valence-electron chi connectivity index (χ0n) is 29.0. The molecule has 1 aliphatic heterocycles. The van der Waals surface area contributed by atoms with Crippen LogP contribution in [0.1, 0.15) is 25.0 Å². The summed E-state index contributed by atoms with van der Waals surface area (Å²) in [4.78, 5) is 0. The fourth-order valence-electron chi connectivity index (χ4n) is 9.29. The Kier molecular flexibility index (Phi) is 6.03. The molecule has 9 aromatic rings. The van der Waals surface area contributed by atoms with Gasteiger partial charge in [0, 0.05) is 32.5 Å². The van der Waals surface area contributed by atoms with Gasteiger partial charge in [-0.05, 0) is 85.6 Å². The van der Waals surface area contributed by atoms with Crippen molar-refractivity contribution in [2.24, 2.45) is 0 Å². The summed E-state index contributed by atoms with van der Waals surface area (Å²) in [6.45, 7) is 4.68. The van der Waals surface area contributed by atoms with Crippen LogP contribution in [0.5, 0.6) is 0 Å². The van der Waals surface area contributed by atoms with Crippen molar-refractivity contribution in [1.82, 2.24) is 4.57 Å². The molecule has 2 nitrogen and oxygen atoms in total. The standard InChI is InChI=1S/C49H34NOP/c1-49(2)43-26-22-34(33-21-20-31-12-6-7-13-32(31)28-33)29-41(43)42-30-35(23-27-44(42)49)50-45-18-10-8-16-37(45)39-24-25-40-38-17-9-11-19-46(38)52(51,48(40)47(39)50)36-14-4-3-5-15-36/h3-30H,1-2H3. The van der Waals surface area contributed by atoms with Gasteiger partial charge in [0.05, 0.1) is 16.3 Å². The van der Waals surface area contributed by atoms with Crippen LogP contribution in [-0.4, -0.2) is 4.57 Å². The van der Waals surface area contributed by atoms with Crippen molar-refractivity contribution in [1.29, 1.82) is 0 Å². The van der Waals surface area contributed by atoms with E-state index in [0.717, 1.165) is 54.5 Å². The summed E-state index contributed by atoms with van der Waals surface area (Å²) in [7, 11) is -3.22. The van der Waals surface area contributed by atoms with Crippen molar-refractivity contribution < 1.29 is 4.57 Å². The van der Waals surface area contributed by atoms with Gasteiger partial charge in [0.1, 0.15) is 0 Å². The van der Waals surface area contributed by atoms with E-state index in [2.05, 4.69) is 152 Å². The molecule has 8 aromatic carbocycles. The predicted molar refractivity (Wildman–Crippen MR) is 220 cm³/mol. The number of benzene rings is 8. The molecular formula is C49H34NOP. The van der Waals surface area contributed by atoms with Crippen molar-refractivity contribution in [3.8, 4) is 39.1 Å². The summed E-state index contributed by atoms with van der Waals surface area (Å²) in [6, 6.07) is 60.8. The molecule has 1 atom stereocenters. The summed E-state index contributed by atoms with van der Waals surface area (Å²) in [5.41, 5.74) is 12.9. The van der Waals surface area contributed by atoms with Crippen molar-refractivity contribution in [2.75, 3.05) is 0 Å². The fraction of sp³-hybridized carbons (Fsp3) is 0.0612. The van der Waals surface area contributed by atoms with Gasteiger partial charge < -0.3 is 9.13 Å². The van der Waals surface area contributed by atoms with Crippen LogP contribution in [0.15, 0.2) is 170 Å². The number of hydrogen-bond donors (Lipinski definition) is 0. The Hall–Kier alpha value is -5.95. The molecule has 1 unspecified atom stereocenters. The molecule has 11 rings (SSSR count). The average molecular weight is 684 g/mol. The maximum atomic E-state index is 16.0. The molecular weight excluding hydrogens is 650 g/mol. The predicted octanol–water partition coefficient (Wildman–Crippen LogP) is 11.5. The number of aromatic nitrogens is 1. The van der Waals surface area contributed by atoms with E-state index in [1.807, 2.05) is 36.4 Å². The number of hydrogen-bond acceptors (Lipinski definition) is 1. The highest BCUT2D eigenvalue weighted by Crippen LogP contribution is 2.55. The van der Waals surface area contributed by atoms with Crippen molar-refractivity contribution >= 4 is 55.6 Å². The molecule has 0 saturated carbocycles. The molecule has 0 amide bonds. The van der Waals surface area contributed by atoms with Gasteiger partial charge in [0.15, 0.2) is 7.14 Å². The Bertz CT molecular complexity index is 3020. The number of para-hydroxylation sites is 1. The molecule has 3 heteroatoms. The van der Waals surface area contributed by atoms with E-state index >= 15 is 4.57 Å². The molecule has 246 valence electrons. The first-order valence-electron chi connectivity index (χ1n) is 18.0. The Morgan fingerprint density at radius 2 is 1.17 bits per heavy atom. The largest absolute Gasteiger partial charge is 0.309 e. The number of fused-ring (bicyclic) bond motifs is 11. The van der Waals surface area contributed by atoms with Crippen LogP contribution >= 0.6 is 7.14 Å². The number of rotatable bonds is 3. The third-order valence-electron chi connectivity index (χ3n) is 11.8. The van der Waals surface area contributed by atoms with Crippen LogP contribution in [0.25, 0.3) is 71.6 Å². The molecule has 0 fully saturated rings. The van der Waals surface area contributed by atoms with Crippen molar-refractivity contribution in [3.05, 3.63) is 181 Å². The third-order valence-corrected chi connectivity index (χ3v) is 15.0. The van der Waals surface area contributed by atoms with Crippen LogP contribution in [0, 0.1) is 0 Å². The third kappa shape index (κ3) is 3.88. The van der Waals surface area contributed by atoms with Crippen LogP contribution in [0.4, 0.5) is 0 Å². The molecule has 0 radical (unpaired) electrons. The maximum absolute atomic E-state index is 16.0. The van der Waals surface area contributed by atoms with Gasteiger partial charge in [-0.25, -0.2) is 0 Å². The zero-order chi connectivity index (χ0) is 34.8. The van der Waals surface area contributed by atoms with Gasteiger partial charge >= 0.3 is 0 Å². The van der Waals surface area contributed by atoms with E-state index in [-0.39, 0.29) is 5.41 Å². The molecule has 2 aliphatic rings. The maximum Gasteiger partial charge on any atom is 0.174 e. The second-order valence-electron chi connectivity index (χ2n) is 14.8.